The van der Waals surface area contributed by atoms with Gasteiger partial charge in [0.15, 0.2) is 0 Å². The largest absolute Gasteiger partial charge is 0.271 e. The van der Waals surface area contributed by atoms with Gasteiger partial charge < -0.3 is 0 Å². The Morgan fingerprint density at radius 1 is 1.40 bits per heavy atom. The number of carbonyl (C=O) groups excluding carboxylic acids is 1. The minimum absolute atomic E-state index is 0.300. The number of carbonyl (C=O) groups is 1. The fourth-order valence-electron chi connectivity index (χ4n) is 2.64. The zero-order valence-corrected chi connectivity index (χ0v) is 11.9. The summed E-state index contributed by atoms with van der Waals surface area (Å²) in [4.78, 5) is 11.8. The van der Waals surface area contributed by atoms with Crippen molar-refractivity contribution in [3.05, 3.63) is 35.6 Å². The summed E-state index contributed by atoms with van der Waals surface area (Å²) in [5.74, 6) is 0.0379. The van der Waals surface area contributed by atoms with Crippen molar-refractivity contribution in [1.82, 2.24) is 5.43 Å². The molecule has 1 aromatic rings. The van der Waals surface area contributed by atoms with E-state index in [0.29, 0.717) is 5.56 Å². The van der Waals surface area contributed by atoms with Gasteiger partial charge in [-0.2, -0.15) is 5.10 Å². The van der Waals surface area contributed by atoms with Crippen LogP contribution >= 0.6 is 0 Å². The first-order chi connectivity index (χ1) is 9.69. The lowest BCUT2D eigenvalue weighted by Crippen LogP contribution is -2.22. The summed E-state index contributed by atoms with van der Waals surface area (Å²) in [7, 11) is 0. The third-order valence-electron chi connectivity index (χ3n) is 3.78. The van der Waals surface area contributed by atoms with Crippen LogP contribution in [-0.4, -0.2) is 11.6 Å². The van der Waals surface area contributed by atoms with E-state index in [0.717, 1.165) is 37.3 Å². The second kappa shape index (κ2) is 7.17. The first-order valence-corrected chi connectivity index (χ1v) is 7.30. The first kappa shape index (κ1) is 14.7. The quantitative estimate of drug-likeness (QED) is 0.832. The molecule has 1 fully saturated rings. The standard InChI is InChI=1S/C16H21FN2O/c1-2-4-12-7-9-15(10-8-12)18-19-16(20)13-5-3-6-14(17)11-13/h3,5-6,11-12H,2,4,7-10H2,1H3,(H,19,20). The Morgan fingerprint density at radius 2 is 2.15 bits per heavy atom. The third-order valence-corrected chi connectivity index (χ3v) is 3.78. The van der Waals surface area contributed by atoms with Crippen LogP contribution in [0.1, 0.15) is 55.8 Å². The van der Waals surface area contributed by atoms with Crippen molar-refractivity contribution in [2.45, 2.75) is 45.4 Å². The number of hydrogen-bond acceptors (Lipinski definition) is 2. The molecule has 1 aliphatic carbocycles. The number of nitrogens with one attached hydrogen (secondary N) is 1. The minimum atomic E-state index is -0.412. The molecule has 0 aromatic heterocycles. The molecule has 4 heteroatoms. The second-order valence-corrected chi connectivity index (χ2v) is 5.36. The van der Waals surface area contributed by atoms with Crippen LogP contribution in [0.15, 0.2) is 29.4 Å². The Bertz CT molecular complexity index is 489. The molecule has 2 rings (SSSR count). The van der Waals surface area contributed by atoms with Crippen molar-refractivity contribution in [2.75, 3.05) is 0 Å². The molecule has 1 saturated carbocycles. The SMILES string of the molecule is CCCC1CCC(=NNC(=O)c2cccc(F)c2)CC1. The van der Waals surface area contributed by atoms with Gasteiger partial charge in [-0.05, 0) is 49.8 Å². The summed E-state index contributed by atoms with van der Waals surface area (Å²) >= 11 is 0. The van der Waals surface area contributed by atoms with Gasteiger partial charge in [-0.25, -0.2) is 9.82 Å². The lowest BCUT2D eigenvalue weighted by Gasteiger charge is -2.22. The summed E-state index contributed by atoms with van der Waals surface area (Å²) in [6.45, 7) is 2.21. The van der Waals surface area contributed by atoms with Crippen LogP contribution < -0.4 is 5.43 Å². The van der Waals surface area contributed by atoms with E-state index in [2.05, 4.69) is 17.5 Å². The Hall–Kier alpha value is -1.71. The van der Waals surface area contributed by atoms with Gasteiger partial charge in [0.2, 0.25) is 0 Å². The molecule has 0 atom stereocenters. The van der Waals surface area contributed by atoms with E-state index >= 15 is 0 Å². The number of nitrogens with zero attached hydrogens (tertiary/aromatic N) is 1. The molecule has 1 N–H and O–H groups in total. The molecule has 0 aliphatic heterocycles. The Morgan fingerprint density at radius 3 is 2.80 bits per heavy atom. The number of hydrogen-bond donors (Lipinski definition) is 1. The highest BCUT2D eigenvalue weighted by Crippen LogP contribution is 2.25. The molecule has 0 radical (unpaired) electrons. The monoisotopic (exact) mass is 276 g/mol. The van der Waals surface area contributed by atoms with Gasteiger partial charge in [0.25, 0.3) is 5.91 Å². The normalized spacial score (nSPS) is 18.7. The molecule has 108 valence electrons. The molecule has 0 bridgehead atoms. The molecule has 1 aliphatic rings. The van der Waals surface area contributed by atoms with Crippen molar-refractivity contribution in [3.8, 4) is 0 Å². The van der Waals surface area contributed by atoms with Crippen LogP contribution in [0.4, 0.5) is 4.39 Å². The maximum atomic E-state index is 13.0. The van der Waals surface area contributed by atoms with Gasteiger partial charge >= 0.3 is 0 Å². The number of benzene rings is 1. The molecular weight excluding hydrogens is 255 g/mol. The fraction of sp³-hybridized carbons (Fsp3) is 0.500. The van der Waals surface area contributed by atoms with Crippen LogP contribution in [-0.2, 0) is 0 Å². The minimum Gasteiger partial charge on any atom is -0.267 e. The van der Waals surface area contributed by atoms with Crippen molar-refractivity contribution in [3.63, 3.8) is 0 Å². The molecule has 3 nitrogen and oxygen atoms in total. The average Bonchev–Trinajstić information content (AvgIpc) is 2.46. The number of rotatable bonds is 4. The van der Waals surface area contributed by atoms with Gasteiger partial charge in [-0.3, -0.25) is 4.79 Å². The van der Waals surface area contributed by atoms with E-state index in [4.69, 9.17) is 0 Å². The Balaban J connectivity index is 1.86. The zero-order chi connectivity index (χ0) is 14.4. The van der Waals surface area contributed by atoms with Gasteiger partial charge in [0.1, 0.15) is 5.82 Å². The maximum absolute atomic E-state index is 13.0. The summed E-state index contributed by atoms with van der Waals surface area (Å²) in [6, 6.07) is 5.63. The number of hydrazone groups is 1. The summed E-state index contributed by atoms with van der Waals surface area (Å²) < 4.78 is 13.0. The zero-order valence-electron chi connectivity index (χ0n) is 11.9. The van der Waals surface area contributed by atoms with Crippen LogP contribution in [0.3, 0.4) is 0 Å². The van der Waals surface area contributed by atoms with Crippen LogP contribution in [0, 0.1) is 11.7 Å². The van der Waals surface area contributed by atoms with Crippen molar-refractivity contribution in [1.29, 1.82) is 0 Å². The van der Waals surface area contributed by atoms with Gasteiger partial charge in [0.05, 0.1) is 0 Å². The molecule has 0 heterocycles. The molecule has 1 aromatic carbocycles. The lowest BCUT2D eigenvalue weighted by atomic mass is 9.85. The van der Waals surface area contributed by atoms with Crippen LogP contribution in [0.5, 0.6) is 0 Å². The van der Waals surface area contributed by atoms with Gasteiger partial charge in [-0.15, -0.1) is 0 Å². The highest BCUT2D eigenvalue weighted by atomic mass is 19.1. The summed E-state index contributed by atoms with van der Waals surface area (Å²) in [6.07, 6.45) is 6.73. The average molecular weight is 276 g/mol. The Labute approximate surface area is 119 Å². The van der Waals surface area contributed by atoms with Gasteiger partial charge in [0, 0.05) is 11.3 Å². The van der Waals surface area contributed by atoms with E-state index in [-0.39, 0.29) is 5.91 Å². The topological polar surface area (TPSA) is 41.5 Å². The highest BCUT2D eigenvalue weighted by molar-refractivity contribution is 5.95. The number of halogens is 1. The molecule has 0 saturated heterocycles. The second-order valence-electron chi connectivity index (χ2n) is 5.36. The van der Waals surface area contributed by atoms with Crippen LogP contribution in [0.25, 0.3) is 0 Å². The van der Waals surface area contributed by atoms with Crippen molar-refractivity contribution < 1.29 is 9.18 Å². The molecular formula is C16H21FN2O. The summed E-state index contributed by atoms with van der Waals surface area (Å²) in [5, 5.41) is 4.18. The smallest absolute Gasteiger partial charge is 0.267 e. The Kier molecular flexibility index (Phi) is 5.27. The third kappa shape index (κ3) is 4.15. The fourth-order valence-corrected chi connectivity index (χ4v) is 2.64. The van der Waals surface area contributed by atoms with E-state index in [1.54, 1.807) is 6.07 Å². The lowest BCUT2D eigenvalue weighted by molar-refractivity contribution is 0.0954. The number of amides is 1. The highest BCUT2D eigenvalue weighted by Gasteiger charge is 2.17. The predicted molar refractivity (Wildman–Crippen MR) is 78.2 cm³/mol. The first-order valence-electron chi connectivity index (χ1n) is 7.30. The van der Waals surface area contributed by atoms with Crippen molar-refractivity contribution >= 4 is 11.6 Å². The molecule has 20 heavy (non-hydrogen) atoms. The molecule has 0 unspecified atom stereocenters. The van der Waals surface area contributed by atoms with Gasteiger partial charge in [-0.1, -0.05) is 25.8 Å². The van der Waals surface area contributed by atoms with E-state index in [1.165, 1.54) is 31.0 Å². The predicted octanol–water partition coefficient (Wildman–Crippen LogP) is 3.90. The van der Waals surface area contributed by atoms with Crippen molar-refractivity contribution in [2.24, 2.45) is 11.0 Å². The van der Waals surface area contributed by atoms with E-state index in [9.17, 15) is 9.18 Å². The molecule has 0 spiro atoms. The van der Waals surface area contributed by atoms with Crippen LogP contribution in [0.2, 0.25) is 0 Å². The maximum Gasteiger partial charge on any atom is 0.271 e. The van der Waals surface area contributed by atoms with E-state index < -0.39 is 5.82 Å². The van der Waals surface area contributed by atoms with E-state index in [1.807, 2.05) is 0 Å². The summed E-state index contributed by atoms with van der Waals surface area (Å²) in [5.41, 5.74) is 3.87. The molecule has 1 amide bonds.